The third-order valence-corrected chi connectivity index (χ3v) is 20.6. The van der Waals surface area contributed by atoms with Crippen LogP contribution in [-0.2, 0) is 48.4 Å². The average Bonchev–Trinajstić information content (AvgIpc) is 0.776. The minimum atomic E-state index is -1.25. The first kappa shape index (κ1) is 85.0. The van der Waals surface area contributed by atoms with E-state index in [0.717, 1.165) is 118 Å². The van der Waals surface area contributed by atoms with Crippen molar-refractivity contribution in [3.8, 4) is 0 Å². The molecule has 2 saturated carbocycles. The van der Waals surface area contributed by atoms with E-state index in [1.54, 1.807) is 93.0 Å². The number of aliphatic hydroxyl groups is 4. The van der Waals surface area contributed by atoms with E-state index in [-0.39, 0.29) is 43.8 Å². The first-order valence-corrected chi connectivity index (χ1v) is 38.1. The lowest BCUT2D eigenvalue weighted by Crippen LogP contribution is -2.48. The average molecular weight is 1590 g/mol. The number of fused-ring (bicyclic) bond motifs is 4. The van der Waals surface area contributed by atoms with Crippen molar-refractivity contribution in [2.24, 2.45) is 53.3 Å². The molecule has 14 rings (SSSR count). The highest BCUT2D eigenvalue weighted by molar-refractivity contribution is 6.41. The van der Waals surface area contributed by atoms with Crippen molar-refractivity contribution in [1.29, 1.82) is 0 Å². The second-order valence-corrected chi connectivity index (χ2v) is 30.1. The van der Waals surface area contributed by atoms with E-state index in [2.05, 4.69) is 65.1 Å². The topological polar surface area (TPSA) is 534 Å². The monoisotopic (exact) mass is 1590 g/mol. The number of pyridine rings is 6. The normalized spacial score (nSPS) is 14.5. The van der Waals surface area contributed by atoms with Crippen LogP contribution in [0.1, 0.15) is 157 Å². The summed E-state index contributed by atoms with van der Waals surface area (Å²) >= 11 is 0. The van der Waals surface area contributed by atoms with Crippen molar-refractivity contribution >= 4 is 115 Å². The molecule has 20 N–H and O–H groups in total. The molecule has 2 aliphatic rings. The van der Waals surface area contributed by atoms with Crippen LogP contribution in [0.4, 0.5) is 23.5 Å². The number of aryl methyl sites for hydroxylation is 4. The van der Waals surface area contributed by atoms with Crippen LogP contribution in [0.3, 0.4) is 0 Å². The first-order chi connectivity index (χ1) is 56.4. The van der Waals surface area contributed by atoms with Crippen molar-refractivity contribution in [2.75, 3.05) is 29.5 Å². The molecule has 31 heteroatoms. The molecular weight excluding hydrogens is 1490 g/mol. The van der Waals surface area contributed by atoms with E-state index in [1.807, 2.05) is 133 Å². The molecule has 0 unspecified atom stereocenters. The summed E-state index contributed by atoms with van der Waals surface area (Å²) in [6.45, 7) is 15.2. The van der Waals surface area contributed by atoms with Gasteiger partial charge in [0.15, 0.2) is 0 Å². The van der Waals surface area contributed by atoms with Crippen molar-refractivity contribution < 1.29 is 34.6 Å². The fourth-order valence-electron chi connectivity index (χ4n) is 13.7. The number of anilines is 4. The van der Waals surface area contributed by atoms with E-state index >= 15 is 0 Å². The number of benzene rings is 4. The lowest BCUT2D eigenvalue weighted by atomic mass is 9.77. The quantitative estimate of drug-likeness (QED) is 0.0105. The number of nitrogens with two attached hydrogens (primary N) is 8. The number of aliphatic imine (C=N–C) groups is 4. The standard InChI is InChI=1S/C22H24N6O2.C22H26N6O2.C22H24N6O.C21H24N6O2/c1-14-5-2-7-17-19(14)26-21(24)27-20(17)15(11-23)12-25-13-16-6-3-8-18(28(16)30)22(29)9-4-10-22;1-14-6-4-8-16-17(10-20(23)26-21(14)16)18(27-24)12-25-11-15-7-5-9-19(28(15)30)22(2,3)13-29;1-14-5-2-7-17-19(14)27-21(24)28-20(17)15(11-23)12-25-13-16-6-3-8-18(26-16)22(29)9-4-10-22;1-13-6-4-8-15-16(10-19(22)25-20(13)15)17(26-23)12-24-11-14-7-5-9-18(27(14)29)21(2,3)28/h2-3,5-8,11-12,29H,4,9-10,13,23H2,1H3,(H2,24,26,27);4-10,12,29H,11,13,24H2,1-3H3,(H2,23,26);2-3,5-8,11-12,29H,4,9-10,13,23H2,1H3,(H2,24,27,28);4-10,12,28H,11,23H2,1-3H3,(H2,22,25). The number of hydrazone groups is 2. The van der Waals surface area contributed by atoms with Gasteiger partial charge in [0.2, 0.25) is 46.1 Å². The van der Waals surface area contributed by atoms with Crippen molar-refractivity contribution in [3.63, 3.8) is 0 Å². The number of rotatable bonds is 21. The van der Waals surface area contributed by atoms with Crippen LogP contribution in [0.25, 0.3) is 54.8 Å². The highest BCUT2D eigenvalue weighted by Gasteiger charge is 2.43. The number of hydrogen-bond acceptors (Lipinski definition) is 28. The summed E-state index contributed by atoms with van der Waals surface area (Å²) in [5.41, 5.74) is 47.5. The Morgan fingerprint density at radius 3 is 1.25 bits per heavy atom. The zero-order chi connectivity index (χ0) is 84.8. The van der Waals surface area contributed by atoms with Gasteiger partial charge in [-0.25, -0.2) is 29.9 Å². The molecule has 8 aromatic heterocycles. The minimum absolute atomic E-state index is 0.101. The fourth-order valence-corrected chi connectivity index (χ4v) is 13.7. The lowest BCUT2D eigenvalue weighted by Gasteiger charge is -2.36. The second-order valence-electron chi connectivity index (χ2n) is 30.1. The molecular formula is C87H98N24O7. The minimum Gasteiger partial charge on any atom is -0.618 e. The molecule has 8 heterocycles. The van der Waals surface area contributed by atoms with Crippen LogP contribution in [0.5, 0.6) is 0 Å². The van der Waals surface area contributed by atoms with Gasteiger partial charge in [0, 0.05) is 105 Å². The summed E-state index contributed by atoms with van der Waals surface area (Å²) in [6, 6.07) is 47.6. The smallest absolute Gasteiger partial charge is 0.224 e. The van der Waals surface area contributed by atoms with Crippen LogP contribution in [0, 0.1) is 43.3 Å². The maximum atomic E-state index is 12.7. The Morgan fingerprint density at radius 2 is 0.839 bits per heavy atom. The maximum Gasteiger partial charge on any atom is 0.224 e. The van der Waals surface area contributed by atoms with Gasteiger partial charge in [-0.1, -0.05) is 78.9 Å². The Morgan fingerprint density at radius 1 is 0.458 bits per heavy atom. The molecule has 0 aliphatic heterocycles. The zero-order valence-corrected chi connectivity index (χ0v) is 67.0. The highest BCUT2D eigenvalue weighted by Crippen LogP contribution is 2.41. The number of nitrogens with zero attached hydrogens (tertiary/aromatic N) is 16. The van der Waals surface area contributed by atoms with Gasteiger partial charge in [-0.15, -0.1) is 0 Å². The summed E-state index contributed by atoms with van der Waals surface area (Å²) in [5, 5.41) is 89.7. The lowest BCUT2D eigenvalue weighted by molar-refractivity contribution is -0.632. The van der Waals surface area contributed by atoms with E-state index in [0.29, 0.717) is 104 Å². The van der Waals surface area contributed by atoms with Gasteiger partial charge in [0.25, 0.3) is 0 Å². The van der Waals surface area contributed by atoms with Gasteiger partial charge in [-0.2, -0.15) is 24.4 Å². The summed E-state index contributed by atoms with van der Waals surface area (Å²) in [4.78, 5) is 48.4. The van der Waals surface area contributed by atoms with Crippen LogP contribution in [-0.4, -0.2) is 98.2 Å². The Kier molecular flexibility index (Phi) is 26.5. The Labute approximate surface area is 682 Å². The van der Waals surface area contributed by atoms with E-state index in [9.17, 15) is 36.0 Å². The molecule has 118 heavy (non-hydrogen) atoms. The summed E-state index contributed by atoms with van der Waals surface area (Å²) in [6.07, 6.45) is 13.8. The van der Waals surface area contributed by atoms with Crippen LogP contribution >= 0.6 is 0 Å². The van der Waals surface area contributed by atoms with Crippen molar-refractivity contribution in [1.82, 2.24) is 34.9 Å². The molecule has 2 fully saturated rings. The van der Waals surface area contributed by atoms with Gasteiger partial charge in [0.1, 0.15) is 59.5 Å². The molecule has 0 saturated heterocycles. The molecule has 4 aromatic carbocycles. The number of aliphatic hydroxyl groups excluding tert-OH is 1. The molecule has 12 aromatic rings. The van der Waals surface area contributed by atoms with Gasteiger partial charge in [0.05, 0.1) is 75.8 Å². The largest absolute Gasteiger partial charge is 0.618 e. The van der Waals surface area contributed by atoms with Crippen molar-refractivity contribution in [3.05, 3.63) is 276 Å². The SMILES string of the molecule is Cc1cccc2c(C(C=NCc3cccc(C(C)(C)CO)[n+]3[O-])=NN)cc(N)nc12.Cc1cccc2c(C(C=NCc3cccc(C(C)(C)O)[n+]3[O-])=NN)cc(N)nc12.Cc1cccc2c(C(C=NCc3cccc(C4(O)CCC4)[n+]3[O-])=CN)nc(N)nc12.Cc1cccc2c(C(C=NCc3cccc(C4(O)CCC4)n3)=CN)nc(N)nc12. The Balaban J connectivity index is 0.000000154. The molecule has 2 aliphatic carbocycles. The molecule has 31 nitrogen and oxygen atoms in total. The Bertz CT molecular complexity index is 5810. The second kappa shape index (κ2) is 36.7. The summed E-state index contributed by atoms with van der Waals surface area (Å²) in [5.74, 6) is 12.3. The number of allylic oxidation sites excluding steroid dienone is 2. The van der Waals surface area contributed by atoms with Gasteiger partial charge < -0.3 is 82.1 Å². The predicted molar refractivity (Wildman–Crippen MR) is 465 cm³/mol. The third kappa shape index (κ3) is 19.2. The molecule has 0 amide bonds. The number of nitrogen functional groups attached to an aromatic ring is 4. The first-order valence-electron chi connectivity index (χ1n) is 38.1. The Hall–Kier alpha value is -13.9. The highest BCUT2D eigenvalue weighted by atomic mass is 16.5. The van der Waals surface area contributed by atoms with E-state index < -0.39 is 22.2 Å². The summed E-state index contributed by atoms with van der Waals surface area (Å²) in [7, 11) is 0. The molecule has 608 valence electrons. The number of para-hydroxylation sites is 4. The maximum absolute atomic E-state index is 12.7. The van der Waals surface area contributed by atoms with Crippen molar-refractivity contribution in [2.45, 2.75) is 142 Å². The molecule has 0 bridgehead atoms. The van der Waals surface area contributed by atoms with E-state index in [4.69, 9.17) is 46.1 Å². The predicted octanol–water partition coefficient (Wildman–Crippen LogP) is 8.84. The third-order valence-electron chi connectivity index (χ3n) is 20.6. The molecule has 0 spiro atoms. The van der Waals surface area contributed by atoms with Crippen LogP contribution in [0.15, 0.2) is 200 Å². The van der Waals surface area contributed by atoms with Crippen LogP contribution < -0.4 is 60.3 Å². The number of hydrogen-bond donors (Lipinski definition) is 12. The fraction of sp³-hybridized carbons (Fsp3) is 0.264. The van der Waals surface area contributed by atoms with E-state index in [1.165, 1.54) is 24.8 Å². The van der Waals surface area contributed by atoms with Gasteiger partial charge in [-0.05, 0) is 159 Å². The zero-order valence-electron chi connectivity index (χ0n) is 67.0. The molecule has 0 radical (unpaired) electrons. The van der Waals surface area contributed by atoms with Gasteiger partial charge in [-0.3, -0.25) is 25.0 Å². The number of aromatic nitrogens is 10. The molecule has 0 atom stereocenters. The van der Waals surface area contributed by atoms with Crippen LogP contribution in [0.2, 0.25) is 0 Å². The summed E-state index contributed by atoms with van der Waals surface area (Å²) < 4.78 is 2.29. The van der Waals surface area contributed by atoms with Gasteiger partial charge >= 0.3 is 0 Å².